The number of nitrogen functional groups attached to an aromatic ring is 1. The summed E-state index contributed by atoms with van der Waals surface area (Å²) in [5.41, 5.74) is 5.71. The van der Waals surface area contributed by atoms with Gasteiger partial charge in [-0.3, -0.25) is 4.79 Å². The maximum Gasteiger partial charge on any atom is 0.242 e. The van der Waals surface area contributed by atoms with Crippen LogP contribution in [0.1, 0.15) is 19.2 Å². The van der Waals surface area contributed by atoms with Gasteiger partial charge < -0.3 is 16.0 Å². The van der Waals surface area contributed by atoms with E-state index >= 15 is 0 Å². The molecule has 6 heteroatoms. The average molecular weight is 235 g/mol. The van der Waals surface area contributed by atoms with Crippen molar-refractivity contribution < 1.29 is 4.79 Å². The molecular formula is C11H17N5O. The number of hydrogen-bond donors (Lipinski definition) is 2. The third-order valence-electron chi connectivity index (χ3n) is 2.86. The van der Waals surface area contributed by atoms with Gasteiger partial charge in [-0.05, 0) is 13.3 Å². The smallest absolute Gasteiger partial charge is 0.242 e. The van der Waals surface area contributed by atoms with E-state index in [2.05, 4.69) is 15.3 Å². The molecule has 1 fully saturated rings. The Bertz CT molecular complexity index is 414. The van der Waals surface area contributed by atoms with E-state index < -0.39 is 0 Å². The zero-order valence-electron chi connectivity index (χ0n) is 10.1. The number of amides is 1. The van der Waals surface area contributed by atoms with E-state index in [-0.39, 0.29) is 11.9 Å². The average Bonchev–Trinajstić information content (AvgIpc) is 2.27. The maximum atomic E-state index is 11.8. The number of nitrogens with one attached hydrogen (secondary N) is 1. The molecule has 0 saturated carbocycles. The Morgan fingerprint density at radius 3 is 3.00 bits per heavy atom. The van der Waals surface area contributed by atoms with Crippen LogP contribution in [-0.4, -0.2) is 35.0 Å². The third kappa shape index (κ3) is 2.30. The highest BCUT2D eigenvalue weighted by Crippen LogP contribution is 2.19. The molecule has 2 rings (SSSR count). The molecular weight excluding hydrogens is 218 g/mol. The van der Waals surface area contributed by atoms with Crippen LogP contribution in [0.25, 0.3) is 0 Å². The third-order valence-corrected chi connectivity index (χ3v) is 2.86. The first-order valence-electron chi connectivity index (χ1n) is 5.77. The molecule has 1 aromatic heterocycles. The minimum Gasteiger partial charge on any atom is -0.384 e. The minimum absolute atomic E-state index is 0.0496. The molecule has 0 radical (unpaired) electrons. The van der Waals surface area contributed by atoms with Crippen molar-refractivity contribution in [2.45, 2.75) is 26.3 Å². The first kappa shape index (κ1) is 11.6. The molecule has 92 valence electrons. The van der Waals surface area contributed by atoms with E-state index in [1.165, 1.54) is 0 Å². The number of anilines is 2. The van der Waals surface area contributed by atoms with Crippen molar-refractivity contribution in [2.24, 2.45) is 0 Å². The van der Waals surface area contributed by atoms with E-state index in [0.717, 1.165) is 18.8 Å². The second-order valence-corrected chi connectivity index (χ2v) is 4.11. The lowest BCUT2D eigenvalue weighted by Gasteiger charge is -2.35. The van der Waals surface area contributed by atoms with E-state index in [1.54, 1.807) is 13.0 Å². The van der Waals surface area contributed by atoms with Crippen LogP contribution in [-0.2, 0) is 4.79 Å². The summed E-state index contributed by atoms with van der Waals surface area (Å²) < 4.78 is 0. The standard InChI is InChI=1S/C11H17N5O/c1-3-8-11(17)13-4-5-16(8)10-6-9(12)14-7(2)15-10/h6,8H,3-5H2,1-2H3,(H,13,17)(H2,12,14,15). The van der Waals surface area contributed by atoms with E-state index in [0.29, 0.717) is 18.2 Å². The molecule has 3 N–H and O–H groups in total. The molecule has 0 bridgehead atoms. The molecule has 1 unspecified atom stereocenters. The summed E-state index contributed by atoms with van der Waals surface area (Å²) in [4.78, 5) is 22.1. The molecule has 1 saturated heterocycles. The van der Waals surface area contributed by atoms with Gasteiger partial charge in [-0.15, -0.1) is 0 Å². The molecule has 6 nitrogen and oxygen atoms in total. The van der Waals surface area contributed by atoms with Crippen molar-refractivity contribution in [3.63, 3.8) is 0 Å². The molecule has 1 aliphatic rings. The van der Waals surface area contributed by atoms with Gasteiger partial charge in [0.15, 0.2) is 0 Å². The van der Waals surface area contributed by atoms with Crippen molar-refractivity contribution in [1.29, 1.82) is 0 Å². The van der Waals surface area contributed by atoms with Gasteiger partial charge in [0.05, 0.1) is 0 Å². The molecule has 17 heavy (non-hydrogen) atoms. The first-order chi connectivity index (χ1) is 8.11. The lowest BCUT2D eigenvalue weighted by atomic mass is 10.1. The first-order valence-corrected chi connectivity index (χ1v) is 5.77. The van der Waals surface area contributed by atoms with Crippen molar-refractivity contribution in [3.8, 4) is 0 Å². The van der Waals surface area contributed by atoms with E-state index in [1.807, 2.05) is 11.8 Å². The summed E-state index contributed by atoms with van der Waals surface area (Å²) in [7, 11) is 0. The fraction of sp³-hybridized carbons (Fsp3) is 0.545. The SMILES string of the molecule is CCC1C(=O)NCCN1c1cc(N)nc(C)n1. The van der Waals surface area contributed by atoms with Crippen LogP contribution >= 0.6 is 0 Å². The number of carbonyl (C=O) groups is 1. The maximum absolute atomic E-state index is 11.8. The van der Waals surface area contributed by atoms with Crippen molar-refractivity contribution in [2.75, 3.05) is 23.7 Å². The van der Waals surface area contributed by atoms with Gasteiger partial charge in [0.2, 0.25) is 5.91 Å². The van der Waals surface area contributed by atoms with Crippen molar-refractivity contribution in [3.05, 3.63) is 11.9 Å². The number of carbonyl (C=O) groups excluding carboxylic acids is 1. The quantitative estimate of drug-likeness (QED) is 0.758. The van der Waals surface area contributed by atoms with Crippen molar-refractivity contribution >= 4 is 17.5 Å². The molecule has 1 aromatic rings. The van der Waals surface area contributed by atoms with Crippen LogP contribution in [0.15, 0.2) is 6.07 Å². The van der Waals surface area contributed by atoms with Gasteiger partial charge in [0.25, 0.3) is 0 Å². The number of aryl methyl sites for hydroxylation is 1. The zero-order chi connectivity index (χ0) is 12.4. The van der Waals surface area contributed by atoms with Crippen LogP contribution in [0.4, 0.5) is 11.6 Å². The fourth-order valence-corrected chi connectivity index (χ4v) is 2.12. The fourth-order valence-electron chi connectivity index (χ4n) is 2.12. The Kier molecular flexibility index (Phi) is 3.12. The highest BCUT2D eigenvalue weighted by atomic mass is 16.2. The predicted octanol–water partition coefficient (Wildman–Crippen LogP) is 0.0820. The van der Waals surface area contributed by atoms with Crippen LogP contribution in [0.3, 0.4) is 0 Å². The summed E-state index contributed by atoms with van der Waals surface area (Å²) in [6, 6.07) is 1.55. The van der Waals surface area contributed by atoms with Crippen molar-refractivity contribution in [1.82, 2.24) is 15.3 Å². The summed E-state index contributed by atoms with van der Waals surface area (Å²) in [6.07, 6.45) is 0.745. The molecule has 2 heterocycles. The lowest BCUT2D eigenvalue weighted by molar-refractivity contribution is -0.123. The summed E-state index contributed by atoms with van der Waals surface area (Å²) >= 11 is 0. The monoisotopic (exact) mass is 235 g/mol. The summed E-state index contributed by atoms with van der Waals surface area (Å²) in [5, 5.41) is 2.86. The van der Waals surface area contributed by atoms with Gasteiger partial charge in [-0.1, -0.05) is 6.92 Å². The second kappa shape index (κ2) is 4.57. The van der Waals surface area contributed by atoms with Gasteiger partial charge in [-0.2, -0.15) is 0 Å². The predicted molar refractivity (Wildman–Crippen MR) is 65.6 cm³/mol. The summed E-state index contributed by atoms with van der Waals surface area (Å²) in [5.74, 6) is 1.85. The Morgan fingerprint density at radius 1 is 1.59 bits per heavy atom. The molecule has 1 amide bonds. The highest BCUT2D eigenvalue weighted by molar-refractivity contribution is 5.86. The molecule has 1 aliphatic heterocycles. The number of nitrogens with zero attached hydrogens (tertiary/aromatic N) is 3. The van der Waals surface area contributed by atoms with Crippen LogP contribution in [0, 0.1) is 6.92 Å². The second-order valence-electron chi connectivity index (χ2n) is 4.11. The lowest BCUT2D eigenvalue weighted by Crippen LogP contribution is -2.55. The molecule has 0 spiro atoms. The topological polar surface area (TPSA) is 84.1 Å². The number of nitrogens with two attached hydrogens (primary N) is 1. The Labute approximate surface area is 100 Å². The molecule has 0 aliphatic carbocycles. The number of aromatic nitrogens is 2. The van der Waals surface area contributed by atoms with Gasteiger partial charge >= 0.3 is 0 Å². The van der Waals surface area contributed by atoms with Gasteiger partial charge in [0, 0.05) is 19.2 Å². The number of rotatable bonds is 2. The Morgan fingerprint density at radius 2 is 2.35 bits per heavy atom. The molecule has 0 aromatic carbocycles. The highest BCUT2D eigenvalue weighted by Gasteiger charge is 2.29. The van der Waals surface area contributed by atoms with Crippen LogP contribution < -0.4 is 16.0 Å². The number of piperazine rings is 1. The van der Waals surface area contributed by atoms with Gasteiger partial charge in [0.1, 0.15) is 23.5 Å². The van der Waals surface area contributed by atoms with Gasteiger partial charge in [-0.25, -0.2) is 9.97 Å². The number of hydrogen-bond acceptors (Lipinski definition) is 5. The largest absolute Gasteiger partial charge is 0.384 e. The minimum atomic E-state index is -0.169. The Hall–Kier alpha value is -1.85. The normalized spacial score (nSPS) is 20.2. The van der Waals surface area contributed by atoms with E-state index in [4.69, 9.17) is 5.73 Å². The van der Waals surface area contributed by atoms with Crippen LogP contribution in [0.2, 0.25) is 0 Å². The molecule has 1 atom stereocenters. The summed E-state index contributed by atoms with van der Waals surface area (Å²) in [6.45, 7) is 5.17. The zero-order valence-corrected chi connectivity index (χ0v) is 10.1. The van der Waals surface area contributed by atoms with Crippen LogP contribution in [0.5, 0.6) is 0 Å². The van der Waals surface area contributed by atoms with E-state index in [9.17, 15) is 4.79 Å². The Balaban J connectivity index is 2.33.